The predicted molar refractivity (Wildman–Crippen MR) is 80.1 cm³/mol. The molecule has 1 amide bonds. The van der Waals surface area contributed by atoms with Crippen molar-refractivity contribution >= 4 is 33.4 Å². The number of amides is 1. The van der Waals surface area contributed by atoms with Gasteiger partial charge in [0.15, 0.2) is 0 Å². The van der Waals surface area contributed by atoms with E-state index < -0.39 is 15.9 Å². The topological polar surface area (TPSA) is 106 Å². The summed E-state index contributed by atoms with van der Waals surface area (Å²) < 4.78 is 26.5. The Morgan fingerprint density at radius 3 is 2.70 bits per heavy atom. The molecule has 0 radical (unpaired) electrons. The fraction of sp³-hybridized carbons (Fsp3) is 0.417. The van der Waals surface area contributed by atoms with Crippen LogP contribution in [-0.2, 0) is 10.0 Å². The van der Waals surface area contributed by atoms with Crippen LogP contribution in [0.3, 0.4) is 0 Å². The van der Waals surface area contributed by atoms with Gasteiger partial charge in [0, 0.05) is 29.7 Å². The molecular weight excluding hydrogens is 298 g/mol. The minimum atomic E-state index is -3.63. The van der Waals surface area contributed by atoms with E-state index in [1.165, 1.54) is 22.5 Å². The Bertz CT molecular complexity index is 631. The Balaban J connectivity index is 2.36. The number of primary amides is 1. The average molecular weight is 315 g/mol. The van der Waals surface area contributed by atoms with Crippen LogP contribution in [0.15, 0.2) is 23.1 Å². The second-order valence-electron chi connectivity index (χ2n) is 4.66. The van der Waals surface area contributed by atoms with Gasteiger partial charge in [-0.05, 0) is 18.2 Å². The number of rotatable bonds is 3. The van der Waals surface area contributed by atoms with E-state index in [9.17, 15) is 13.2 Å². The zero-order chi connectivity index (χ0) is 14.9. The van der Waals surface area contributed by atoms with Crippen molar-refractivity contribution in [3.8, 4) is 0 Å². The van der Waals surface area contributed by atoms with Crippen molar-refractivity contribution in [3.05, 3.63) is 23.8 Å². The molecule has 0 spiro atoms. The summed E-state index contributed by atoms with van der Waals surface area (Å²) in [5, 5.41) is 0.254. The normalized spacial score (nSPS) is 20.8. The van der Waals surface area contributed by atoms with Crippen molar-refractivity contribution in [1.82, 2.24) is 4.31 Å². The van der Waals surface area contributed by atoms with Crippen molar-refractivity contribution in [2.75, 3.05) is 24.6 Å². The molecule has 1 aromatic rings. The van der Waals surface area contributed by atoms with Gasteiger partial charge in [-0.3, -0.25) is 4.79 Å². The SMILES string of the molecule is CC1CN(S(=O)(=O)c2ccc(C(N)=O)cc2N)CCS1. The first-order valence-electron chi connectivity index (χ1n) is 6.13. The molecule has 2 rings (SSSR count). The molecule has 1 atom stereocenters. The van der Waals surface area contributed by atoms with Gasteiger partial charge >= 0.3 is 0 Å². The summed E-state index contributed by atoms with van der Waals surface area (Å²) >= 11 is 1.75. The monoisotopic (exact) mass is 315 g/mol. The highest BCUT2D eigenvalue weighted by Crippen LogP contribution is 2.27. The molecule has 1 heterocycles. The van der Waals surface area contributed by atoms with E-state index in [0.717, 1.165) is 5.75 Å². The summed E-state index contributed by atoms with van der Waals surface area (Å²) in [6.45, 7) is 2.92. The van der Waals surface area contributed by atoms with Crippen LogP contribution in [0.25, 0.3) is 0 Å². The molecule has 4 N–H and O–H groups in total. The van der Waals surface area contributed by atoms with E-state index in [4.69, 9.17) is 11.5 Å². The summed E-state index contributed by atoms with van der Waals surface area (Å²) in [6, 6.07) is 4.03. The molecule has 1 aliphatic rings. The van der Waals surface area contributed by atoms with Crippen molar-refractivity contribution in [3.63, 3.8) is 0 Å². The predicted octanol–water partition coefficient (Wildman–Crippen LogP) is 0.494. The minimum absolute atomic E-state index is 0.0293. The van der Waals surface area contributed by atoms with E-state index in [2.05, 4.69) is 0 Å². The van der Waals surface area contributed by atoms with Gasteiger partial charge in [0.05, 0.1) is 5.69 Å². The van der Waals surface area contributed by atoms with Crippen LogP contribution >= 0.6 is 11.8 Å². The van der Waals surface area contributed by atoms with Gasteiger partial charge in [-0.1, -0.05) is 6.92 Å². The fourth-order valence-electron chi connectivity index (χ4n) is 2.08. The Kier molecular flexibility index (Phi) is 4.26. The average Bonchev–Trinajstić information content (AvgIpc) is 2.38. The molecule has 1 fully saturated rings. The lowest BCUT2D eigenvalue weighted by Gasteiger charge is -2.30. The van der Waals surface area contributed by atoms with E-state index >= 15 is 0 Å². The molecule has 1 aromatic carbocycles. The largest absolute Gasteiger partial charge is 0.398 e. The first-order valence-corrected chi connectivity index (χ1v) is 8.62. The molecule has 8 heteroatoms. The molecular formula is C12H17N3O3S2. The quantitative estimate of drug-likeness (QED) is 0.790. The minimum Gasteiger partial charge on any atom is -0.398 e. The van der Waals surface area contributed by atoms with Crippen molar-refractivity contribution in [1.29, 1.82) is 0 Å². The van der Waals surface area contributed by atoms with Gasteiger partial charge in [0.25, 0.3) is 0 Å². The molecule has 1 aliphatic heterocycles. The van der Waals surface area contributed by atoms with E-state index in [-0.39, 0.29) is 21.4 Å². The molecule has 20 heavy (non-hydrogen) atoms. The number of nitrogen functional groups attached to an aromatic ring is 1. The van der Waals surface area contributed by atoms with Gasteiger partial charge in [-0.25, -0.2) is 8.42 Å². The molecule has 0 bridgehead atoms. The van der Waals surface area contributed by atoms with Gasteiger partial charge in [0.2, 0.25) is 15.9 Å². The van der Waals surface area contributed by atoms with Gasteiger partial charge in [-0.2, -0.15) is 16.1 Å². The maximum Gasteiger partial charge on any atom is 0.248 e. The Hall–Kier alpha value is -1.25. The number of sulfonamides is 1. The first kappa shape index (κ1) is 15.1. The Morgan fingerprint density at radius 1 is 1.45 bits per heavy atom. The second kappa shape index (κ2) is 5.63. The van der Waals surface area contributed by atoms with Crippen LogP contribution in [-0.4, -0.2) is 42.7 Å². The maximum absolute atomic E-state index is 12.6. The third-order valence-corrected chi connectivity index (χ3v) is 6.19. The summed E-state index contributed by atoms with van der Waals surface area (Å²) in [7, 11) is -3.63. The first-order chi connectivity index (χ1) is 9.32. The molecule has 1 saturated heterocycles. The maximum atomic E-state index is 12.6. The van der Waals surface area contributed by atoms with E-state index in [1.807, 2.05) is 6.92 Å². The van der Waals surface area contributed by atoms with Crippen molar-refractivity contribution < 1.29 is 13.2 Å². The highest BCUT2D eigenvalue weighted by atomic mass is 32.2. The van der Waals surface area contributed by atoms with Crippen LogP contribution in [0, 0.1) is 0 Å². The summed E-state index contributed by atoms with van der Waals surface area (Å²) in [6.07, 6.45) is 0. The summed E-state index contributed by atoms with van der Waals surface area (Å²) in [5.41, 5.74) is 11.2. The number of benzene rings is 1. The number of nitrogens with zero attached hydrogens (tertiary/aromatic N) is 1. The molecule has 1 unspecified atom stereocenters. The number of thioether (sulfide) groups is 1. The van der Waals surface area contributed by atoms with Crippen LogP contribution in [0.2, 0.25) is 0 Å². The van der Waals surface area contributed by atoms with E-state index in [1.54, 1.807) is 11.8 Å². The number of carbonyl (C=O) groups excluding carboxylic acids is 1. The lowest BCUT2D eigenvalue weighted by atomic mass is 10.2. The highest BCUT2D eigenvalue weighted by Gasteiger charge is 2.30. The molecule has 0 aliphatic carbocycles. The number of nitrogens with two attached hydrogens (primary N) is 2. The third kappa shape index (κ3) is 2.92. The number of hydrogen-bond acceptors (Lipinski definition) is 5. The molecule has 0 saturated carbocycles. The lowest BCUT2D eigenvalue weighted by molar-refractivity contribution is 0.1000. The molecule has 6 nitrogen and oxygen atoms in total. The van der Waals surface area contributed by atoms with Gasteiger partial charge in [0.1, 0.15) is 4.90 Å². The van der Waals surface area contributed by atoms with Crippen LogP contribution in [0.1, 0.15) is 17.3 Å². The van der Waals surface area contributed by atoms with E-state index in [0.29, 0.717) is 13.1 Å². The zero-order valence-corrected chi connectivity index (χ0v) is 12.7. The standard InChI is InChI=1S/C12H17N3O3S2/c1-8-7-15(4-5-19-8)20(17,18)11-3-2-9(12(14)16)6-10(11)13/h2-3,6,8H,4-5,7,13H2,1H3,(H2,14,16). The fourth-order valence-corrected chi connectivity index (χ4v) is 4.93. The highest BCUT2D eigenvalue weighted by molar-refractivity contribution is 8.00. The zero-order valence-electron chi connectivity index (χ0n) is 11.1. The second-order valence-corrected chi connectivity index (χ2v) is 8.11. The van der Waals surface area contributed by atoms with Crippen molar-refractivity contribution in [2.24, 2.45) is 5.73 Å². The number of hydrogen-bond donors (Lipinski definition) is 2. The lowest BCUT2D eigenvalue weighted by Crippen LogP contribution is -2.41. The molecule has 110 valence electrons. The smallest absolute Gasteiger partial charge is 0.248 e. The Labute approximate surface area is 122 Å². The van der Waals surface area contributed by atoms with Crippen LogP contribution in [0.5, 0.6) is 0 Å². The van der Waals surface area contributed by atoms with Crippen LogP contribution in [0.4, 0.5) is 5.69 Å². The van der Waals surface area contributed by atoms with Gasteiger partial charge in [-0.15, -0.1) is 0 Å². The number of anilines is 1. The van der Waals surface area contributed by atoms with Crippen molar-refractivity contribution in [2.45, 2.75) is 17.1 Å². The summed E-state index contributed by atoms with van der Waals surface area (Å²) in [5.74, 6) is 0.128. The van der Waals surface area contributed by atoms with Gasteiger partial charge < -0.3 is 11.5 Å². The third-order valence-electron chi connectivity index (χ3n) is 3.12. The summed E-state index contributed by atoms with van der Waals surface area (Å²) in [4.78, 5) is 11.1. The Morgan fingerprint density at radius 2 is 2.15 bits per heavy atom. The number of carbonyl (C=O) groups is 1. The van der Waals surface area contributed by atoms with Crippen LogP contribution < -0.4 is 11.5 Å². The molecule has 0 aromatic heterocycles.